The first kappa shape index (κ1) is 30.9. The first-order valence-electron chi connectivity index (χ1n) is 14.2. The highest BCUT2D eigenvalue weighted by Crippen LogP contribution is 2.47. The summed E-state index contributed by atoms with van der Waals surface area (Å²) in [5.41, 5.74) is -0.375. The minimum atomic E-state index is -5.37. The van der Waals surface area contributed by atoms with Crippen LogP contribution in [0.25, 0.3) is 22.6 Å². The molecule has 2 aromatic carbocycles. The summed E-state index contributed by atoms with van der Waals surface area (Å²) in [6.45, 7) is -0.264. The molecule has 0 bridgehead atoms. The third kappa shape index (κ3) is 5.60. The highest BCUT2D eigenvalue weighted by Gasteiger charge is 2.57. The van der Waals surface area contributed by atoms with Crippen molar-refractivity contribution in [2.24, 2.45) is 5.73 Å². The Hall–Kier alpha value is -5.11. The number of aromatic nitrogens is 3. The van der Waals surface area contributed by atoms with Gasteiger partial charge in [0.15, 0.2) is 5.82 Å². The summed E-state index contributed by atoms with van der Waals surface area (Å²) >= 11 is 0. The molecule has 4 N–H and O–H groups in total. The van der Waals surface area contributed by atoms with Gasteiger partial charge in [-0.25, -0.2) is 19.3 Å². The molecule has 4 aromatic rings. The van der Waals surface area contributed by atoms with Gasteiger partial charge in [0.05, 0.1) is 23.9 Å². The average Bonchev–Trinajstić information content (AvgIpc) is 3.79. The summed E-state index contributed by atoms with van der Waals surface area (Å²) in [4.78, 5) is 38.2. The van der Waals surface area contributed by atoms with E-state index in [1.165, 1.54) is 49.6 Å². The van der Waals surface area contributed by atoms with Crippen LogP contribution in [-0.2, 0) is 15.8 Å². The van der Waals surface area contributed by atoms with Gasteiger partial charge in [-0.05, 0) is 74.4 Å². The summed E-state index contributed by atoms with van der Waals surface area (Å²) in [5.74, 6) is -1.81. The summed E-state index contributed by atoms with van der Waals surface area (Å²) in [5, 5.41) is 13.5. The van der Waals surface area contributed by atoms with Crippen molar-refractivity contribution in [1.82, 2.24) is 20.3 Å². The molecule has 1 aliphatic heterocycles. The Morgan fingerprint density at radius 2 is 1.80 bits per heavy atom. The first-order valence-corrected chi connectivity index (χ1v) is 14.2. The number of pyridine rings is 1. The van der Waals surface area contributed by atoms with Crippen LogP contribution in [0.5, 0.6) is 11.5 Å². The number of halogens is 4. The van der Waals surface area contributed by atoms with E-state index in [0.717, 1.165) is 31.0 Å². The normalized spacial score (nSPS) is 18.7. The van der Waals surface area contributed by atoms with E-state index in [-0.39, 0.29) is 46.7 Å². The molecule has 1 aliphatic carbocycles. The van der Waals surface area contributed by atoms with Crippen molar-refractivity contribution in [2.45, 2.75) is 43.1 Å². The molecule has 2 aromatic heterocycles. The topological polar surface area (TPSA) is 150 Å². The number of hydrogen-bond acceptors (Lipinski definition) is 8. The molecule has 0 saturated heterocycles. The van der Waals surface area contributed by atoms with Crippen molar-refractivity contribution in [3.63, 3.8) is 0 Å². The summed E-state index contributed by atoms with van der Waals surface area (Å²) < 4.78 is 69.5. The van der Waals surface area contributed by atoms with E-state index in [2.05, 4.69) is 20.3 Å². The van der Waals surface area contributed by atoms with Crippen LogP contribution < -0.4 is 20.5 Å². The van der Waals surface area contributed by atoms with E-state index in [4.69, 9.17) is 15.2 Å². The lowest BCUT2D eigenvalue weighted by Crippen LogP contribution is -2.51. The number of hydrogen-bond donors (Lipinski definition) is 3. The van der Waals surface area contributed by atoms with Gasteiger partial charge in [0.1, 0.15) is 35.0 Å². The fraction of sp³-hybridized carbons (Fsp3) is 0.281. The number of nitrogens with zero attached hydrogens (tertiary/aromatic N) is 3. The molecular weight excluding hydrogens is 610 g/mol. The number of primary amides is 1. The molecular formula is C32H27F4N5O5. The van der Waals surface area contributed by atoms with Crippen molar-refractivity contribution in [2.75, 3.05) is 13.2 Å². The molecule has 6 rings (SSSR count). The Balaban J connectivity index is 1.38. The van der Waals surface area contributed by atoms with E-state index in [9.17, 15) is 32.3 Å². The molecule has 0 spiro atoms. The van der Waals surface area contributed by atoms with E-state index < -0.39 is 47.1 Å². The number of amides is 2. The molecule has 46 heavy (non-hydrogen) atoms. The number of carbonyl (C=O) groups excluding carboxylic acids is 2. The summed E-state index contributed by atoms with van der Waals surface area (Å²) in [7, 11) is 0. The number of ether oxygens (including phenoxy) is 2. The molecule has 0 unspecified atom stereocenters. The van der Waals surface area contributed by atoms with E-state index in [1.807, 2.05) is 0 Å². The van der Waals surface area contributed by atoms with Crippen molar-refractivity contribution in [3.05, 3.63) is 89.6 Å². The Kier molecular flexibility index (Phi) is 7.63. The highest BCUT2D eigenvalue weighted by molar-refractivity contribution is 5.96. The minimum Gasteiger partial charge on any atom is -0.490 e. The number of alkyl halides is 3. The van der Waals surface area contributed by atoms with Gasteiger partial charge >= 0.3 is 6.18 Å². The van der Waals surface area contributed by atoms with Gasteiger partial charge in [-0.15, -0.1) is 0 Å². The maximum absolute atomic E-state index is 14.8. The molecule has 3 heterocycles. The minimum absolute atomic E-state index is 0.00497. The van der Waals surface area contributed by atoms with Crippen molar-refractivity contribution in [1.29, 1.82) is 0 Å². The second kappa shape index (κ2) is 11.4. The lowest BCUT2D eigenvalue weighted by Gasteiger charge is -2.31. The zero-order valence-electron chi connectivity index (χ0n) is 24.3. The molecule has 2 aliphatic rings. The third-order valence-corrected chi connectivity index (χ3v) is 8.00. The first-order chi connectivity index (χ1) is 21.8. The Morgan fingerprint density at radius 3 is 2.43 bits per heavy atom. The number of benzene rings is 2. The maximum Gasteiger partial charge on any atom is 0.424 e. The Morgan fingerprint density at radius 1 is 1.11 bits per heavy atom. The van der Waals surface area contributed by atoms with Crippen molar-refractivity contribution >= 4 is 11.8 Å². The Bertz CT molecular complexity index is 1820. The molecule has 0 radical (unpaired) electrons. The van der Waals surface area contributed by atoms with Gasteiger partial charge in [-0.2, -0.15) is 13.2 Å². The molecule has 1 fully saturated rings. The quantitative estimate of drug-likeness (QED) is 0.231. The number of fused-ring (bicyclic) bond motifs is 1. The molecule has 1 saturated carbocycles. The van der Waals surface area contributed by atoms with Crippen LogP contribution in [0.3, 0.4) is 0 Å². The SMILES string of the molecule is C[C@]1(C(N)=O)COc2c1cc([C@@](O)(CNC(=O)c1ccc(OC3CC3)c(-c3ncccn3)c1)C(F)(F)F)nc2-c1ccc(F)cc1. The van der Waals surface area contributed by atoms with Crippen LogP contribution in [0, 0.1) is 5.82 Å². The lowest BCUT2D eigenvalue weighted by atomic mass is 9.81. The summed E-state index contributed by atoms with van der Waals surface area (Å²) in [6.07, 6.45) is -0.648. The van der Waals surface area contributed by atoms with Crippen LogP contribution in [0.4, 0.5) is 17.6 Å². The van der Waals surface area contributed by atoms with E-state index in [0.29, 0.717) is 11.3 Å². The number of nitrogens with two attached hydrogens (primary N) is 1. The van der Waals surface area contributed by atoms with E-state index in [1.54, 1.807) is 6.07 Å². The largest absolute Gasteiger partial charge is 0.490 e. The number of aliphatic hydroxyl groups is 1. The van der Waals surface area contributed by atoms with Gasteiger partial charge in [0.2, 0.25) is 11.5 Å². The zero-order valence-corrected chi connectivity index (χ0v) is 24.3. The van der Waals surface area contributed by atoms with Gasteiger partial charge in [0.25, 0.3) is 5.91 Å². The van der Waals surface area contributed by atoms with Crippen LogP contribution in [0.1, 0.15) is 41.4 Å². The number of carbonyl (C=O) groups is 2. The number of nitrogens with one attached hydrogen (secondary N) is 1. The smallest absolute Gasteiger partial charge is 0.424 e. The molecule has 2 atom stereocenters. The predicted molar refractivity (Wildman–Crippen MR) is 155 cm³/mol. The van der Waals surface area contributed by atoms with Gasteiger partial charge < -0.3 is 25.6 Å². The van der Waals surface area contributed by atoms with Gasteiger partial charge in [-0.3, -0.25) is 9.59 Å². The fourth-order valence-electron chi connectivity index (χ4n) is 5.00. The number of rotatable bonds is 9. The second-order valence-electron chi connectivity index (χ2n) is 11.4. The summed E-state index contributed by atoms with van der Waals surface area (Å²) in [6, 6.07) is 11.5. The van der Waals surface area contributed by atoms with Gasteiger partial charge in [-0.1, -0.05) is 0 Å². The van der Waals surface area contributed by atoms with Crippen LogP contribution in [0.2, 0.25) is 0 Å². The van der Waals surface area contributed by atoms with Crippen LogP contribution >= 0.6 is 0 Å². The van der Waals surface area contributed by atoms with Crippen molar-refractivity contribution < 1.29 is 41.7 Å². The average molecular weight is 638 g/mol. The lowest BCUT2D eigenvalue weighted by molar-refractivity contribution is -0.265. The monoisotopic (exact) mass is 637 g/mol. The van der Waals surface area contributed by atoms with Crippen molar-refractivity contribution in [3.8, 4) is 34.1 Å². The predicted octanol–water partition coefficient (Wildman–Crippen LogP) is 4.20. The third-order valence-electron chi connectivity index (χ3n) is 8.00. The fourth-order valence-corrected chi connectivity index (χ4v) is 5.00. The van der Waals surface area contributed by atoms with Crippen LogP contribution in [0.15, 0.2) is 67.0 Å². The zero-order chi connectivity index (χ0) is 32.9. The van der Waals surface area contributed by atoms with E-state index >= 15 is 0 Å². The standard InChI is InChI=1S/C32H27F4N5O5/c1-30(29(37)43)16-45-26-22(30)14-24(41-25(26)17-3-6-19(33)7-4-17)31(44,32(34,35)36)15-40-28(42)18-5-10-23(46-20-8-9-20)21(13-18)27-38-11-2-12-39-27/h2-7,10-14,20,44H,8-9,15-16H2,1H3,(H2,37,43)(H,40,42)/t30-,31-/m0/s1. The maximum atomic E-state index is 14.8. The van der Waals surface area contributed by atoms with Gasteiger partial charge in [0, 0.05) is 29.1 Å². The molecule has 2 amide bonds. The molecule has 14 heteroatoms. The Labute approximate surface area is 259 Å². The highest BCUT2D eigenvalue weighted by atomic mass is 19.4. The van der Waals surface area contributed by atoms with Crippen LogP contribution in [-0.4, -0.2) is 57.3 Å². The molecule has 10 nitrogen and oxygen atoms in total. The molecule has 238 valence electrons. The second-order valence-corrected chi connectivity index (χ2v) is 11.4.